The van der Waals surface area contributed by atoms with E-state index in [9.17, 15) is 14.0 Å². The summed E-state index contributed by atoms with van der Waals surface area (Å²) in [6, 6.07) is 13.5. The summed E-state index contributed by atoms with van der Waals surface area (Å²) in [6.07, 6.45) is -1.02. The molecule has 0 saturated heterocycles. The van der Waals surface area contributed by atoms with Crippen LogP contribution in [-0.4, -0.2) is 18.5 Å². The number of rotatable bonds is 5. The average Bonchev–Trinajstić information content (AvgIpc) is 2.55. The van der Waals surface area contributed by atoms with E-state index in [-0.39, 0.29) is 0 Å². The van der Waals surface area contributed by atoms with E-state index in [4.69, 9.17) is 4.74 Å². The molecular formula is C17H17FN2O3. The van der Waals surface area contributed by atoms with Crippen LogP contribution in [0.1, 0.15) is 18.6 Å². The molecule has 2 N–H and O–H groups in total. The number of halogens is 1. The number of imide groups is 1. The normalized spacial score (nSPS) is 11.4. The van der Waals surface area contributed by atoms with Gasteiger partial charge >= 0.3 is 6.03 Å². The van der Waals surface area contributed by atoms with Gasteiger partial charge in [-0.3, -0.25) is 10.1 Å². The first-order valence-corrected chi connectivity index (χ1v) is 7.16. The fourth-order valence-corrected chi connectivity index (χ4v) is 1.93. The third kappa shape index (κ3) is 4.81. The highest BCUT2D eigenvalue weighted by atomic mass is 19.1. The molecule has 23 heavy (non-hydrogen) atoms. The number of urea groups is 1. The number of carbonyl (C=O) groups is 2. The molecule has 2 rings (SSSR count). The third-order valence-electron chi connectivity index (χ3n) is 2.98. The molecule has 5 nitrogen and oxygen atoms in total. The van der Waals surface area contributed by atoms with Crippen LogP contribution in [0.15, 0.2) is 54.6 Å². The molecule has 0 unspecified atom stereocenters. The lowest BCUT2D eigenvalue weighted by Crippen LogP contribution is -2.42. The zero-order chi connectivity index (χ0) is 16.7. The predicted octanol–water partition coefficient (Wildman–Crippen LogP) is 2.79. The standard InChI is InChI=1S/C17H17FN2O3/c1-2-19-17(22)20-16(21)15(12-6-4-3-5-7-12)23-14-10-8-13(18)9-11-14/h3-11,15H,2H2,1H3,(H2,19,20,21,22)/t15-/m1/s1. The van der Waals surface area contributed by atoms with E-state index in [0.29, 0.717) is 17.9 Å². The maximum Gasteiger partial charge on any atom is 0.321 e. The summed E-state index contributed by atoms with van der Waals surface area (Å²) in [5, 5.41) is 4.70. The summed E-state index contributed by atoms with van der Waals surface area (Å²) in [4.78, 5) is 23.9. The van der Waals surface area contributed by atoms with Crippen molar-refractivity contribution in [3.63, 3.8) is 0 Å². The highest BCUT2D eigenvalue weighted by Crippen LogP contribution is 2.22. The van der Waals surface area contributed by atoms with Gasteiger partial charge < -0.3 is 10.1 Å². The Bertz CT molecular complexity index is 659. The molecule has 0 aromatic heterocycles. The lowest BCUT2D eigenvalue weighted by Gasteiger charge is -2.18. The van der Waals surface area contributed by atoms with Crippen molar-refractivity contribution in [1.82, 2.24) is 10.6 Å². The Morgan fingerprint density at radius 3 is 2.35 bits per heavy atom. The second-order valence-electron chi connectivity index (χ2n) is 4.71. The lowest BCUT2D eigenvalue weighted by molar-refractivity contribution is -0.127. The van der Waals surface area contributed by atoms with E-state index in [1.807, 2.05) is 0 Å². The van der Waals surface area contributed by atoms with Crippen LogP contribution in [0.5, 0.6) is 5.75 Å². The van der Waals surface area contributed by atoms with Crippen molar-refractivity contribution in [3.05, 3.63) is 66.0 Å². The number of ether oxygens (including phenoxy) is 1. The van der Waals surface area contributed by atoms with Gasteiger partial charge in [-0.1, -0.05) is 30.3 Å². The summed E-state index contributed by atoms with van der Waals surface area (Å²) in [5.41, 5.74) is 0.582. The van der Waals surface area contributed by atoms with Crippen LogP contribution in [0.2, 0.25) is 0 Å². The monoisotopic (exact) mass is 316 g/mol. The van der Waals surface area contributed by atoms with Crippen LogP contribution in [-0.2, 0) is 4.79 Å². The Labute approximate surface area is 133 Å². The molecule has 0 aliphatic carbocycles. The average molecular weight is 316 g/mol. The summed E-state index contributed by atoms with van der Waals surface area (Å²) in [5.74, 6) is -0.682. The molecule has 0 spiro atoms. The smallest absolute Gasteiger partial charge is 0.321 e. The van der Waals surface area contributed by atoms with E-state index in [0.717, 1.165) is 0 Å². The number of nitrogens with one attached hydrogen (secondary N) is 2. The van der Waals surface area contributed by atoms with E-state index in [2.05, 4.69) is 10.6 Å². The molecule has 120 valence electrons. The molecule has 6 heteroatoms. The molecule has 0 saturated carbocycles. The van der Waals surface area contributed by atoms with Crippen molar-refractivity contribution >= 4 is 11.9 Å². The predicted molar refractivity (Wildman–Crippen MR) is 83.4 cm³/mol. The van der Waals surface area contributed by atoms with Gasteiger partial charge in [0.05, 0.1) is 0 Å². The van der Waals surface area contributed by atoms with Gasteiger partial charge in [0.15, 0.2) is 0 Å². The fraction of sp³-hybridized carbons (Fsp3) is 0.176. The highest BCUT2D eigenvalue weighted by molar-refractivity contribution is 5.97. The Kier molecular flexibility index (Phi) is 5.68. The SMILES string of the molecule is CCNC(=O)NC(=O)[C@H](Oc1ccc(F)cc1)c1ccccc1. The van der Waals surface area contributed by atoms with Crippen molar-refractivity contribution in [2.24, 2.45) is 0 Å². The molecule has 1 atom stereocenters. The quantitative estimate of drug-likeness (QED) is 0.891. The number of carbonyl (C=O) groups excluding carboxylic acids is 2. The number of benzene rings is 2. The molecule has 0 heterocycles. The molecule has 0 fully saturated rings. The van der Waals surface area contributed by atoms with Crippen LogP contribution in [0, 0.1) is 5.82 Å². The topological polar surface area (TPSA) is 67.4 Å². The molecule has 0 aliphatic heterocycles. The Hall–Kier alpha value is -2.89. The van der Waals surface area contributed by atoms with E-state index in [1.165, 1.54) is 24.3 Å². The van der Waals surface area contributed by atoms with Gasteiger partial charge in [-0.25, -0.2) is 9.18 Å². The molecule has 0 bridgehead atoms. The second-order valence-corrected chi connectivity index (χ2v) is 4.71. The van der Waals surface area contributed by atoms with Gasteiger partial charge in [0, 0.05) is 12.1 Å². The molecule has 0 radical (unpaired) electrons. The molecular weight excluding hydrogens is 299 g/mol. The second kappa shape index (κ2) is 7.93. The lowest BCUT2D eigenvalue weighted by atomic mass is 10.1. The van der Waals surface area contributed by atoms with Gasteiger partial charge in [-0.15, -0.1) is 0 Å². The largest absolute Gasteiger partial charge is 0.476 e. The number of hydrogen-bond donors (Lipinski definition) is 2. The number of amides is 3. The van der Waals surface area contributed by atoms with E-state index in [1.54, 1.807) is 37.3 Å². The molecule has 0 aliphatic rings. The fourth-order valence-electron chi connectivity index (χ4n) is 1.93. The zero-order valence-corrected chi connectivity index (χ0v) is 12.6. The van der Waals surface area contributed by atoms with Crippen molar-refractivity contribution in [3.8, 4) is 5.75 Å². The Morgan fingerprint density at radius 2 is 1.74 bits per heavy atom. The van der Waals surface area contributed by atoms with Crippen molar-refractivity contribution < 1.29 is 18.7 Å². The van der Waals surface area contributed by atoms with E-state index < -0.39 is 23.9 Å². The van der Waals surface area contributed by atoms with Gasteiger partial charge in [0.1, 0.15) is 11.6 Å². The van der Waals surface area contributed by atoms with Gasteiger partial charge in [-0.2, -0.15) is 0 Å². The van der Waals surface area contributed by atoms with Gasteiger partial charge in [-0.05, 0) is 31.2 Å². The minimum Gasteiger partial charge on any atom is -0.476 e. The minimum atomic E-state index is -1.02. The number of hydrogen-bond acceptors (Lipinski definition) is 3. The Balaban J connectivity index is 2.20. The van der Waals surface area contributed by atoms with Crippen LogP contribution in [0.25, 0.3) is 0 Å². The molecule has 3 amide bonds. The van der Waals surface area contributed by atoms with Gasteiger partial charge in [0.2, 0.25) is 6.10 Å². The van der Waals surface area contributed by atoms with Crippen LogP contribution in [0.4, 0.5) is 9.18 Å². The maximum absolute atomic E-state index is 13.0. The van der Waals surface area contributed by atoms with Crippen LogP contribution >= 0.6 is 0 Å². The highest BCUT2D eigenvalue weighted by Gasteiger charge is 2.24. The zero-order valence-electron chi connectivity index (χ0n) is 12.6. The third-order valence-corrected chi connectivity index (χ3v) is 2.98. The summed E-state index contributed by atoms with van der Waals surface area (Å²) in [6.45, 7) is 2.14. The summed E-state index contributed by atoms with van der Waals surface area (Å²) >= 11 is 0. The van der Waals surface area contributed by atoms with E-state index >= 15 is 0 Å². The molecule has 2 aromatic carbocycles. The summed E-state index contributed by atoms with van der Waals surface area (Å²) in [7, 11) is 0. The first-order valence-electron chi connectivity index (χ1n) is 7.16. The van der Waals surface area contributed by atoms with Crippen LogP contribution < -0.4 is 15.4 Å². The molecule has 2 aromatic rings. The summed E-state index contributed by atoms with van der Waals surface area (Å²) < 4.78 is 18.6. The maximum atomic E-state index is 13.0. The minimum absolute atomic E-state index is 0.325. The Morgan fingerprint density at radius 1 is 1.09 bits per heavy atom. The van der Waals surface area contributed by atoms with Gasteiger partial charge in [0.25, 0.3) is 5.91 Å². The van der Waals surface area contributed by atoms with Crippen LogP contribution in [0.3, 0.4) is 0 Å². The first-order chi connectivity index (χ1) is 11.1. The van der Waals surface area contributed by atoms with Crippen molar-refractivity contribution in [1.29, 1.82) is 0 Å². The van der Waals surface area contributed by atoms with Crippen molar-refractivity contribution in [2.45, 2.75) is 13.0 Å². The first kappa shape index (κ1) is 16.5. The van der Waals surface area contributed by atoms with Crippen molar-refractivity contribution in [2.75, 3.05) is 6.54 Å².